The number of Topliss-reactive ketones (excluding diaryl/α,β-unsaturated/α-hetero) is 1. The molecule has 0 unspecified atom stereocenters. The zero-order valence-corrected chi connectivity index (χ0v) is 32.6. The minimum atomic E-state index is -0.666. The Morgan fingerprint density at radius 2 is 1.64 bits per heavy atom. The number of amides is 1. The number of fused-ring (bicyclic) bond motifs is 2. The summed E-state index contributed by atoms with van der Waals surface area (Å²) in [5.74, 6) is -0.355. The molecule has 1 aliphatic heterocycles. The molecule has 1 saturated carbocycles. The molecule has 56 heavy (non-hydrogen) atoms. The Labute approximate surface area is 326 Å². The second-order valence-electron chi connectivity index (χ2n) is 15.1. The Kier molecular flexibility index (Phi) is 12.1. The molecule has 2 aromatic carbocycles. The van der Waals surface area contributed by atoms with Gasteiger partial charge in [0.15, 0.2) is 17.2 Å². The minimum absolute atomic E-state index is 0.000198. The van der Waals surface area contributed by atoms with E-state index >= 15 is 0 Å². The second kappa shape index (κ2) is 17.3. The normalized spacial score (nSPS) is 19.4. The molecule has 1 saturated heterocycles. The van der Waals surface area contributed by atoms with E-state index in [-0.39, 0.29) is 34.5 Å². The van der Waals surface area contributed by atoms with Crippen LogP contribution >= 0.6 is 0 Å². The summed E-state index contributed by atoms with van der Waals surface area (Å²) in [6.45, 7) is 9.19. The number of carbonyl (C=O) groups is 2. The lowest BCUT2D eigenvalue weighted by atomic mass is 9.90. The summed E-state index contributed by atoms with van der Waals surface area (Å²) >= 11 is 0. The number of nitrogens with zero attached hydrogens (tertiary/aromatic N) is 5. The van der Waals surface area contributed by atoms with Crippen LogP contribution in [0.3, 0.4) is 0 Å². The predicted molar refractivity (Wildman–Crippen MR) is 215 cm³/mol. The van der Waals surface area contributed by atoms with E-state index in [0.29, 0.717) is 55.5 Å². The molecular weight excluding hydrogens is 712 g/mol. The monoisotopic (exact) mass is 762 g/mol. The third-order valence-electron chi connectivity index (χ3n) is 11.3. The fourth-order valence-electron chi connectivity index (χ4n) is 8.28. The van der Waals surface area contributed by atoms with Crippen LogP contribution in [0, 0.1) is 5.82 Å². The van der Waals surface area contributed by atoms with Crippen LogP contribution in [-0.4, -0.2) is 74.9 Å². The molecule has 0 spiro atoms. The van der Waals surface area contributed by atoms with Crippen molar-refractivity contribution >= 4 is 22.7 Å². The Hall–Kier alpha value is -5.20. The first-order valence-electron chi connectivity index (χ1n) is 20.1. The van der Waals surface area contributed by atoms with Gasteiger partial charge in [-0.1, -0.05) is 50.2 Å². The highest BCUT2D eigenvalue weighted by Crippen LogP contribution is 2.30. The topological polar surface area (TPSA) is 123 Å². The van der Waals surface area contributed by atoms with Crippen LogP contribution < -0.4 is 16.6 Å². The first-order valence-corrected chi connectivity index (χ1v) is 20.1. The van der Waals surface area contributed by atoms with E-state index in [9.17, 15) is 23.6 Å². The summed E-state index contributed by atoms with van der Waals surface area (Å²) in [7, 11) is 2.17. The van der Waals surface area contributed by atoms with Crippen molar-refractivity contribution in [2.45, 2.75) is 90.3 Å². The van der Waals surface area contributed by atoms with Gasteiger partial charge in [-0.05, 0) is 100.0 Å². The molecule has 0 atom stereocenters. The van der Waals surface area contributed by atoms with Crippen LogP contribution in [0.5, 0.6) is 0 Å². The fraction of sp³-hybridized carbons (Fsp3) is 0.432. The first kappa shape index (κ1) is 39.1. The Balaban J connectivity index is 0.00000237. The van der Waals surface area contributed by atoms with Gasteiger partial charge in [-0.15, -0.1) is 0 Å². The van der Waals surface area contributed by atoms with E-state index in [1.807, 2.05) is 32.0 Å². The highest BCUT2D eigenvalue weighted by Gasteiger charge is 2.30. The van der Waals surface area contributed by atoms with Gasteiger partial charge < -0.3 is 14.6 Å². The van der Waals surface area contributed by atoms with E-state index in [1.165, 1.54) is 14.7 Å². The molecule has 8 rings (SSSR count). The van der Waals surface area contributed by atoms with Crippen molar-refractivity contribution in [2.24, 2.45) is 0 Å². The lowest BCUT2D eigenvalue weighted by molar-refractivity contribution is 0.0891. The smallest absolute Gasteiger partial charge is 0.337 e. The summed E-state index contributed by atoms with van der Waals surface area (Å²) in [5, 5.41) is 3.04. The van der Waals surface area contributed by atoms with Crippen molar-refractivity contribution in [3.05, 3.63) is 116 Å². The summed E-state index contributed by atoms with van der Waals surface area (Å²) in [6.07, 6.45) is 6.83. The van der Waals surface area contributed by atoms with Gasteiger partial charge in [0.25, 0.3) is 11.5 Å². The number of benzene rings is 2. The maximum Gasteiger partial charge on any atom is 0.337 e. The quantitative estimate of drug-likeness (QED) is 0.177. The van der Waals surface area contributed by atoms with Crippen molar-refractivity contribution < 1.29 is 18.4 Å². The van der Waals surface area contributed by atoms with Crippen LogP contribution in [0.15, 0.2) is 80.9 Å². The highest BCUT2D eigenvalue weighted by atomic mass is 19.1. The SMILES string of the molecule is CC.CN1CCCN(Cc2ccc(-c3cccc(-n4c(=O)n(C5CCC(NC(=O)c6cc7c(o6)CCCCC7=O)CC5)c(=O)c5cc(F)cnc54)c3)cc2)CC1. The van der Waals surface area contributed by atoms with Gasteiger partial charge in [0.2, 0.25) is 0 Å². The lowest BCUT2D eigenvalue weighted by Crippen LogP contribution is -2.45. The molecule has 12 heteroatoms. The van der Waals surface area contributed by atoms with Crippen molar-refractivity contribution in [2.75, 3.05) is 33.2 Å². The number of nitrogens with one attached hydrogen (secondary N) is 1. The number of rotatable bonds is 7. The lowest BCUT2D eigenvalue weighted by Gasteiger charge is -2.30. The van der Waals surface area contributed by atoms with Gasteiger partial charge in [-0.3, -0.25) is 23.9 Å². The summed E-state index contributed by atoms with van der Waals surface area (Å²) < 4.78 is 23.0. The van der Waals surface area contributed by atoms with Crippen LogP contribution in [0.1, 0.15) is 103 Å². The molecule has 5 aromatic rings. The average molecular weight is 763 g/mol. The number of halogens is 1. The van der Waals surface area contributed by atoms with Crippen LogP contribution in [0.4, 0.5) is 4.39 Å². The average Bonchev–Trinajstić information content (AvgIpc) is 3.44. The van der Waals surface area contributed by atoms with Crippen LogP contribution in [0.2, 0.25) is 0 Å². The number of hydrogen-bond acceptors (Lipinski definition) is 8. The standard InChI is InChI=1S/C42H45FN6O5.C2H6/c1-46-18-5-19-47(21-20-46)26-27-10-12-28(13-11-27)29-6-4-7-33(22-29)48-39-35(23-30(43)25-44-39)41(52)49(42(48)53)32-16-14-31(15-17-32)45-40(51)38-24-34-36(50)8-2-3-9-37(34)54-38;1-2/h4,6-7,10-13,22-25,31-32H,2-3,5,8-9,14-21,26H2,1H3,(H,45,51);1-2H3. The number of aryl methyl sites for hydroxylation is 1. The van der Waals surface area contributed by atoms with Crippen molar-refractivity contribution in [1.29, 1.82) is 0 Å². The van der Waals surface area contributed by atoms with Gasteiger partial charge in [0, 0.05) is 50.6 Å². The highest BCUT2D eigenvalue weighted by molar-refractivity contribution is 6.00. The van der Waals surface area contributed by atoms with E-state index < -0.39 is 23.1 Å². The Morgan fingerprint density at radius 3 is 2.43 bits per heavy atom. The number of hydrogen-bond donors (Lipinski definition) is 1. The van der Waals surface area contributed by atoms with Gasteiger partial charge in [0.1, 0.15) is 11.6 Å². The largest absolute Gasteiger partial charge is 0.455 e. The number of furan rings is 1. The van der Waals surface area contributed by atoms with Gasteiger partial charge in [-0.25, -0.2) is 18.7 Å². The molecule has 2 aliphatic carbocycles. The first-order chi connectivity index (χ1) is 27.2. The van der Waals surface area contributed by atoms with Crippen molar-refractivity contribution in [3.63, 3.8) is 0 Å². The summed E-state index contributed by atoms with van der Waals surface area (Å²) in [5.41, 5.74) is 3.09. The molecule has 0 radical (unpaired) electrons. The zero-order valence-electron chi connectivity index (χ0n) is 32.6. The summed E-state index contributed by atoms with van der Waals surface area (Å²) in [6, 6.07) is 18.0. The van der Waals surface area contributed by atoms with E-state index in [1.54, 1.807) is 12.1 Å². The van der Waals surface area contributed by atoms with Gasteiger partial charge in [-0.2, -0.15) is 0 Å². The van der Waals surface area contributed by atoms with Gasteiger partial charge >= 0.3 is 5.69 Å². The molecule has 3 aromatic heterocycles. The number of likely N-dealkylation sites (N-methyl/N-ethyl adjacent to an activating group) is 1. The zero-order chi connectivity index (χ0) is 39.3. The maximum absolute atomic E-state index is 14.6. The number of pyridine rings is 1. The van der Waals surface area contributed by atoms with E-state index in [2.05, 4.69) is 51.4 Å². The Bertz CT molecular complexity index is 2320. The molecule has 294 valence electrons. The third kappa shape index (κ3) is 8.31. The molecule has 2 fully saturated rings. The molecule has 4 heterocycles. The molecular formula is C44H51FN6O5. The molecule has 3 aliphatic rings. The summed E-state index contributed by atoms with van der Waals surface area (Å²) in [4.78, 5) is 63.0. The molecule has 11 nitrogen and oxygen atoms in total. The number of carbonyl (C=O) groups excluding carboxylic acids is 2. The maximum atomic E-state index is 14.6. The van der Waals surface area contributed by atoms with Crippen molar-refractivity contribution in [3.8, 4) is 16.8 Å². The Morgan fingerprint density at radius 1 is 0.875 bits per heavy atom. The molecule has 0 bridgehead atoms. The third-order valence-corrected chi connectivity index (χ3v) is 11.3. The van der Waals surface area contributed by atoms with Crippen LogP contribution in [0.25, 0.3) is 27.8 Å². The van der Waals surface area contributed by atoms with Gasteiger partial charge in [0.05, 0.1) is 22.8 Å². The van der Waals surface area contributed by atoms with E-state index in [0.717, 1.165) is 75.4 Å². The number of ketones is 1. The predicted octanol–water partition coefficient (Wildman–Crippen LogP) is 6.93. The fourth-order valence-corrected chi connectivity index (χ4v) is 8.28. The van der Waals surface area contributed by atoms with Crippen molar-refractivity contribution in [1.82, 2.24) is 29.2 Å². The number of aromatic nitrogens is 3. The second-order valence-corrected chi connectivity index (χ2v) is 15.1. The molecule has 1 N–H and O–H groups in total. The van der Waals surface area contributed by atoms with E-state index in [4.69, 9.17) is 4.42 Å². The minimum Gasteiger partial charge on any atom is -0.455 e. The molecule has 1 amide bonds. The van der Waals surface area contributed by atoms with Crippen LogP contribution in [-0.2, 0) is 13.0 Å².